The Labute approximate surface area is 151 Å². The lowest BCUT2D eigenvalue weighted by atomic mass is 10.2. The van der Waals surface area contributed by atoms with Gasteiger partial charge in [0, 0.05) is 44.2 Å². The average Bonchev–Trinajstić information content (AvgIpc) is 3.02. The number of benzene rings is 1. The first kappa shape index (κ1) is 17.7. The zero-order chi connectivity index (χ0) is 17.8. The molecular weight excluding hydrogens is 343 g/mol. The second kappa shape index (κ2) is 7.82. The third kappa shape index (κ3) is 3.92. The second-order valence-corrected chi connectivity index (χ2v) is 6.51. The quantitative estimate of drug-likeness (QED) is 0.669. The number of nitrogens with zero attached hydrogens (tertiary/aromatic N) is 5. The maximum atomic E-state index is 14.0. The van der Waals surface area contributed by atoms with E-state index in [-0.39, 0.29) is 5.82 Å². The van der Waals surface area contributed by atoms with Crippen LogP contribution in [-0.2, 0) is 26.1 Å². The largest absolute Gasteiger partial charge is 0.349 e. The molecule has 6 nitrogen and oxygen atoms in total. The van der Waals surface area contributed by atoms with E-state index in [4.69, 9.17) is 11.6 Å². The molecule has 2 aromatic rings. The van der Waals surface area contributed by atoms with Crippen LogP contribution in [0.3, 0.4) is 0 Å². The van der Waals surface area contributed by atoms with E-state index in [1.165, 1.54) is 12.5 Å². The lowest BCUT2D eigenvalue weighted by Crippen LogP contribution is -2.38. The highest BCUT2D eigenvalue weighted by atomic mass is 35.5. The summed E-state index contributed by atoms with van der Waals surface area (Å²) in [6.07, 6.45) is 3.30. The predicted molar refractivity (Wildman–Crippen MR) is 96.0 cm³/mol. The SMILES string of the molecule is CN=C(NCc1nnc2n1CCCC2)N(C)Cc1c(F)cccc1Cl. The topological polar surface area (TPSA) is 58.3 Å². The van der Waals surface area contributed by atoms with Gasteiger partial charge in [0.05, 0.1) is 6.54 Å². The molecule has 0 radical (unpaired) electrons. The molecule has 0 amide bonds. The molecule has 0 saturated carbocycles. The van der Waals surface area contributed by atoms with Crippen molar-refractivity contribution in [3.63, 3.8) is 0 Å². The number of hydrogen-bond acceptors (Lipinski definition) is 3. The molecule has 1 N–H and O–H groups in total. The van der Waals surface area contributed by atoms with Gasteiger partial charge in [-0.15, -0.1) is 10.2 Å². The van der Waals surface area contributed by atoms with E-state index in [2.05, 4.69) is 25.1 Å². The molecule has 25 heavy (non-hydrogen) atoms. The molecule has 0 saturated heterocycles. The van der Waals surface area contributed by atoms with Crippen LogP contribution in [-0.4, -0.2) is 39.7 Å². The summed E-state index contributed by atoms with van der Waals surface area (Å²) < 4.78 is 16.1. The van der Waals surface area contributed by atoms with Crippen LogP contribution in [0.4, 0.5) is 4.39 Å². The second-order valence-electron chi connectivity index (χ2n) is 6.10. The molecule has 1 aliphatic heterocycles. The van der Waals surface area contributed by atoms with E-state index >= 15 is 0 Å². The van der Waals surface area contributed by atoms with E-state index in [9.17, 15) is 4.39 Å². The van der Waals surface area contributed by atoms with E-state index in [1.807, 2.05) is 11.9 Å². The number of hydrogen-bond donors (Lipinski definition) is 1. The number of fused-ring (bicyclic) bond motifs is 1. The first-order chi connectivity index (χ1) is 12.1. The molecule has 1 aliphatic rings. The highest BCUT2D eigenvalue weighted by Crippen LogP contribution is 2.20. The van der Waals surface area contributed by atoms with Crippen LogP contribution in [0.5, 0.6) is 0 Å². The van der Waals surface area contributed by atoms with E-state index in [1.54, 1.807) is 19.2 Å². The van der Waals surface area contributed by atoms with Crippen molar-refractivity contribution in [2.75, 3.05) is 14.1 Å². The third-order valence-corrected chi connectivity index (χ3v) is 4.73. The Morgan fingerprint density at radius 3 is 3.00 bits per heavy atom. The van der Waals surface area contributed by atoms with Crippen LogP contribution in [0, 0.1) is 5.82 Å². The van der Waals surface area contributed by atoms with Crippen LogP contribution >= 0.6 is 11.6 Å². The Morgan fingerprint density at radius 2 is 2.24 bits per heavy atom. The van der Waals surface area contributed by atoms with Gasteiger partial charge in [0.15, 0.2) is 11.8 Å². The van der Waals surface area contributed by atoms with Gasteiger partial charge in [0.1, 0.15) is 11.6 Å². The van der Waals surface area contributed by atoms with Crippen LogP contribution in [0.25, 0.3) is 0 Å². The molecule has 0 atom stereocenters. The lowest BCUT2D eigenvalue weighted by Gasteiger charge is -2.23. The molecule has 134 valence electrons. The monoisotopic (exact) mass is 364 g/mol. The van der Waals surface area contributed by atoms with Gasteiger partial charge in [-0.1, -0.05) is 17.7 Å². The number of halogens is 2. The maximum Gasteiger partial charge on any atom is 0.194 e. The lowest BCUT2D eigenvalue weighted by molar-refractivity contribution is 0.455. The van der Waals surface area contributed by atoms with Gasteiger partial charge in [-0.2, -0.15) is 0 Å². The molecule has 0 fully saturated rings. The number of rotatable bonds is 4. The number of aliphatic imine (C=N–C) groups is 1. The number of nitrogens with one attached hydrogen (secondary N) is 1. The summed E-state index contributed by atoms with van der Waals surface area (Å²) in [5, 5.41) is 12.2. The summed E-state index contributed by atoms with van der Waals surface area (Å²) in [7, 11) is 3.54. The van der Waals surface area contributed by atoms with Gasteiger partial charge in [0.2, 0.25) is 0 Å². The summed E-state index contributed by atoms with van der Waals surface area (Å²) in [5.41, 5.74) is 0.453. The van der Waals surface area contributed by atoms with Crippen molar-refractivity contribution in [3.8, 4) is 0 Å². The van der Waals surface area contributed by atoms with Gasteiger partial charge in [-0.05, 0) is 25.0 Å². The first-order valence-electron chi connectivity index (χ1n) is 8.35. The highest BCUT2D eigenvalue weighted by molar-refractivity contribution is 6.31. The van der Waals surface area contributed by atoms with Gasteiger partial charge in [0.25, 0.3) is 0 Å². The zero-order valence-electron chi connectivity index (χ0n) is 14.5. The van der Waals surface area contributed by atoms with Crippen LogP contribution in [0.2, 0.25) is 5.02 Å². The fraction of sp³-hybridized carbons (Fsp3) is 0.471. The van der Waals surface area contributed by atoms with Gasteiger partial charge in [-0.3, -0.25) is 4.99 Å². The fourth-order valence-corrected chi connectivity index (χ4v) is 3.26. The highest BCUT2D eigenvalue weighted by Gasteiger charge is 2.17. The molecule has 1 aromatic carbocycles. The third-order valence-electron chi connectivity index (χ3n) is 4.37. The molecular formula is C17H22ClFN6. The van der Waals surface area contributed by atoms with Crippen molar-refractivity contribution < 1.29 is 4.39 Å². The fourth-order valence-electron chi connectivity index (χ4n) is 3.04. The number of aromatic nitrogens is 3. The Kier molecular flexibility index (Phi) is 5.53. The summed E-state index contributed by atoms with van der Waals surface area (Å²) >= 11 is 6.11. The maximum absolute atomic E-state index is 14.0. The predicted octanol–water partition coefficient (Wildman–Crippen LogP) is 2.61. The molecule has 8 heteroatoms. The minimum atomic E-state index is -0.318. The number of guanidine groups is 1. The average molecular weight is 365 g/mol. The van der Waals surface area contributed by atoms with Crippen LogP contribution < -0.4 is 5.32 Å². The van der Waals surface area contributed by atoms with E-state index in [0.29, 0.717) is 29.6 Å². The van der Waals surface area contributed by atoms with Crippen molar-refractivity contribution >= 4 is 17.6 Å². The van der Waals surface area contributed by atoms with Crippen molar-refractivity contribution in [3.05, 3.63) is 46.3 Å². The summed E-state index contributed by atoms with van der Waals surface area (Å²) in [6.45, 7) is 1.80. The Morgan fingerprint density at radius 1 is 1.40 bits per heavy atom. The van der Waals surface area contributed by atoms with Gasteiger partial charge in [-0.25, -0.2) is 4.39 Å². The van der Waals surface area contributed by atoms with Crippen molar-refractivity contribution in [1.29, 1.82) is 0 Å². The Bertz CT molecular complexity index is 752. The zero-order valence-corrected chi connectivity index (χ0v) is 15.2. The minimum absolute atomic E-state index is 0.318. The molecule has 3 rings (SSSR count). The van der Waals surface area contributed by atoms with Crippen molar-refractivity contribution in [2.45, 2.75) is 38.9 Å². The molecule has 0 bridgehead atoms. The molecule has 0 spiro atoms. The normalized spacial score (nSPS) is 14.3. The minimum Gasteiger partial charge on any atom is -0.349 e. The van der Waals surface area contributed by atoms with Crippen molar-refractivity contribution in [1.82, 2.24) is 25.0 Å². The molecule has 2 heterocycles. The van der Waals surface area contributed by atoms with E-state index in [0.717, 1.165) is 31.0 Å². The number of aryl methyl sites for hydroxylation is 1. The Balaban J connectivity index is 1.65. The van der Waals surface area contributed by atoms with Crippen LogP contribution in [0.15, 0.2) is 23.2 Å². The van der Waals surface area contributed by atoms with Crippen LogP contribution in [0.1, 0.15) is 30.1 Å². The molecule has 0 aliphatic carbocycles. The molecule has 1 aromatic heterocycles. The van der Waals surface area contributed by atoms with Gasteiger partial charge >= 0.3 is 0 Å². The van der Waals surface area contributed by atoms with E-state index < -0.39 is 0 Å². The van der Waals surface area contributed by atoms with Gasteiger partial charge < -0.3 is 14.8 Å². The van der Waals surface area contributed by atoms with Crippen molar-refractivity contribution in [2.24, 2.45) is 4.99 Å². The first-order valence-corrected chi connectivity index (χ1v) is 8.73. The summed E-state index contributed by atoms with van der Waals surface area (Å²) in [6, 6.07) is 4.70. The Hall–Kier alpha value is -2.15. The smallest absolute Gasteiger partial charge is 0.194 e. The summed E-state index contributed by atoms with van der Waals surface area (Å²) in [5.74, 6) is 2.27. The summed E-state index contributed by atoms with van der Waals surface area (Å²) in [4.78, 5) is 6.09. The molecule has 0 unspecified atom stereocenters. The standard InChI is InChI=1S/C17H22ClFN6/c1-20-17(24(2)11-12-13(18)6-5-7-14(12)19)21-10-16-23-22-15-8-3-4-9-25(15)16/h5-7H,3-4,8-11H2,1-2H3,(H,20,21).